The zero-order valence-electron chi connectivity index (χ0n) is 12.5. The maximum atomic E-state index is 8.97. The van der Waals surface area contributed by atoms with Crippen LogP contribution < -0.4 is 5.32 Å². The number of nitrogens with one attached hydrogen (secondary N) is 1. The number of piperazine rings is 1. The van der Waals surface area contributed by atoms with Crippen LogP contribution in [-0.4, -0.2) is 60.1 Å². The minimum atomic E-state index is 0.338. The van der Waals surface area contributed by atoms with E-state index in [0.29, 0.717) is 23.5 Å². The number of aromatic nitrogens is 1. The van der Waals surface area contributed by atoms with Crippen LogP contribution in [0.3, 0.4) is 0 Å². The number of hydrogen-bond acceptors (Lipinski definition) is 6. The Hall–Kier alpha value is -1.58. The molecular weight excluding hydrogens is 254 g/mol. The largest absolute Gasteiger partial charge is 0.424 e. The summed E-state index contributed by atoms with van der Waals surface area (Å²) in [5, 5.41) is 12.2. The van der Waals surface area contributed by atoms with Gasteiger partial charge in [-0.2, -0.15) is 5.26 Å². The molecule has 0 aliphatic carbocycles. The Morgan fingerprint density at radius 3 is 2.70 bits per heavy atom. The number of rotatable bonds is 5. The highest BCUT2D eigenvalue weighted by Gasteiger charge is 2.20. The number of anilines is 1. The summed E-state index contributed by atoms with van der Waals surface area (Å²) in [4.78, 5) is 8.96. The summed E-state index contributed by atoms with van der Waals surface area (Å²) in [6.07, 6.45) is 0. The van der Waals surface area contributed by atoms with Crippen LogP contribution in [0.2, 0.25) is 0 Å². The first-order valence-electron chi connectivity index (χ1n) is 7.21. The topological polar surface area (TPSA) is 68.3 Å². The molecule has 1 aromatic rings. The zero-order chi connectivity index (χ0) is 14.5. The summed E-state index contributed by atoms with van der Waals surface area (Å²) in [5.41, 5.74) is 0.338. The van der Waals surface area contributed by atoms with E-state index in [4.69, 9.17) is 9.68 Å². The molecule has 0 amide bonds. The van der Waals surface area contributed by atoms with Gasteiger partial charge in [-0.15, -0.1) is 0 Å². The molecule has 2 rings (SSSR count). The molecule has 20 heavy (non-hydrogen) atoms. The minimum absolute atomic E-state index is 0.338. The maximum absolute atomic E-state index is 8.97. The third-order valence-electron chi connectivity index (χ3n) is 3.88. The van der Waals surface area contributed by atoms with Gasteiger partial charge in [-0.1, -0.05) is 6.92 Å². The molecule has 1 fully saturated rings. The van der Waals surface area contributed by atoms with E-state index in [1.165, 1.54) is 0 Å². The first-order valence-corrected chi connectivity index (χ1v) is 7.21. The van der Waals surface area contributed by atoms with Crippen molar-refractivity contribution in [3.05, 3.63) is 11.6 Å². The first-order chi connectivity index (χ1) is 9.63. The standard InChI is InChI=1S/C14H23N5O/c1-4-18-5-7-19(8-6-18)11(2)10-16-14-13(9-15)17-12(3)20-14/h11,16H,4-8,10H2,1-3H3. The molecule has 0 spiro atoms. The van der Waals surface area contributed by atoms with E-state index in [0.717, 1.165) is 39.3 Å². The van der Waals surface area contributed by atoms with E-state index in [9.17, 15) is 0 Å². The molecule has 6 heteroatoms. The van der Waals surface area contributed by atoms with Crippen molar-refractivity contribution in [2.75, 3.05) is 44.6 Å². The van der Waals surface area contributed by atoms with Crippen molar-refractivity contribution in [1.29, 1.82) is 5.26 Å². The summed E-state index contributed by atoms with van der Waals surface area (Å²) < 4.78 is 5.41. The second-order valence-corrected chi connectivity index (χ2v) is 5.22. The number of hydrogen-bond donors (Lipinski definition) is 1. The number of nitrogens with zero attached hydrogens (tertiary/aromatic N) is 4. The number of likely N-dealkylation sites (N-methyl/N-ethyl adjacent to an activating group) is 1. The van der Waals surface area contributed by atoms with Crippen LogP contribution in [0.15, 0.2) is 4.42 Å². The van der Waals surface area contributed by atoms with E-state index in [1.807, 2.05) is 6.07 Å². The predicted octanol–water partition coefficient (Wildman–Crippen LogP) is 1.29. The first kappa shape index (κ1) is 14.8. The number of oxazole rings is 1. The molecule has 1 N–H and O–H groups in total. The third-order valence-corrected chi connectivity index (χ3v) is 3.88. The van der Waals surface area contributed by atoms with E-state index >= 15 is 0 Å². The highest BCUT2D eigenvalue weighted by atomic mass is 16.4. The molecular formula is C14H23N5O. The van der Waals surface area contributed by atoms with Crippen LogP contribution in [0.4, 0.5) is 5.88 Å². The van der Waals surface area contributed by atoms with Gasteiger partial charge in [0, 0.05) is 45.7 Å². The molecule has 1 unspecified atom stereocenters. The molecule has 110 valence electrons. The van der Waals surface area contributed by atoms with Crippen molar-refractivity contribution in [3.8, 4) is 6.07 Å². The fraction of sp³-hybridized carbons (Fsp3) is 0.714. The second-order valence-electron chi connectivity index (χ2n) is 5.22. The Labute approximate surface area is 120 Å². The van der Waals surface area contributed by atoms with Crippen LogP contribution in [0.25, 0.3) is 0 Å². The Balaban J connectivity index is 1.83. The van der Waals surface area contributed by atoms with Crippen LogP contribution in [-0.2, 0) is 0 Å². The normalized spacial score (nSPS) is 18.7. The van der Waals surface area contributed by atoms with E-state index in [-0.39, 0.29) is 0 Å². The van der Waals surface area contributed by atoms with Crippen molar-refractivity contribution in [3.63, 3.8) is 0 Å². The van der Waals surface area contributed by atoms with Gasteiger partial charge in [0.05, 0.1) is 0 Å². The van der Waals surface area contributed by atoms with Gasteiger partial charge in [-0.25, -0.2) is 4.98 Å². The Kier molecular flexibility index (Phi) is 4.99. The zero-order valence-corrected chi connectivity index (χ0v) is 12.5. The Bertz CT molecular complexity index is 470. The summed E-state index contributed by atoms with van der Waals surface area (Å²) >= 11 is 0. The van der Waals surface area contributed by atoms with Crippen molar-refractivity contribution in [2.24, 2.45) is 0 Å². The average Bonchev–Trinajstić information content (AvgIpc) is 2.85. The molecule has 1 aromatic heterocycles. The molecule has 1 atom stereocenters. The lowest BCUT2D eigenvalue weighted by molar-refractivity contribution is 0.110. The second kappa shape index (κ2) is 6.73. The van der Waals surface area contributed by atoms with Crippen molar-refractivity contribution in [1.82, 2.24) is 14.8 Å². The smallest absolute Gasteiger partial charge is 0.232 e. The molecule has 0 bridgehead atoms. The highest BCUT2D eigenvalue weighted by Crippen LogP contribution is 2.16. The lowest BCUT2D eigenvalue weighted by Gasteiger charge is -2.37. The Morgan fingerprint density at radius 2 is 2.10 bits per heavy atom. The quantitative estimate of drug-likeness (QED) is 0.874. The lowest BCUT2D eigenvalue weighted by Crippen LogP contribution is -2.51. The van der Waals surface area contributed by atoms with Gasteiger partial charge >= 0.3 is 0 Å². The van der Waals surface area contributed by atoms with Crippen molar-refractivity contribution >= 4 is 5.88 Å². The predicted molar refractivity (Wildman–Crippen MR) is 77.6 cm³/mol. The van der Waals surface area contributed by atoms with Gasteiger partial charge in [0.2, 0.25) is 11.6 Å². The summed E-state index contributed by atoms with van der Waals surface area (Å²) in [6, 6.07) is 2.45. The van der Waals surface area contributed by atoms with Gasteiger partial charge < -0.3 is 14.6 Å². The fourth-order valence-electron chi connectivity index (χ4n) is 2.51. The van der Waals surface area contributed by atoms with Crippen LogP contribution in [0.1, 0.15) is 25.4 Å². The van der Waals surface area contributed by atoms with Crippen molar-refractivity contribution < 1.29 is 4.42 Å². The summed E-state index contributed by atoms with van der Waals surface area (Å²) in [7, 11) is 0. The van der Waals surface area contributed by atoms with E-state index < -0.39 is 0 Å². The van der Waals surface area contributed by atoms with Crippen LogP contribution in [0.5, 0.6) is 0 Å². The highest BCUT2D eigenvalue weighted by molar-refractivity contribution is 5.45. The molecule has 1 aliphatic rings. The minimum Gasteiger partial charge on any atom is -0.424 e. The van der Waals surface area contributed by atoms with E-state index in [2.05, 4.69) is 33.9 Å². The van der Waals surface area contributed by atoms with Gasteiger partial charge in [0.15, 0.2) is 5.89 Å². The van der Waals surface area contributed by atoms with Gasteiger partial charge in [-0.3, -0.25) is 4.90 Å². The lowest BCUT2D eigenvalue weighted by atomic mass is 10.2. The maximum Gasteiger partial charge on any atom is 0.232 e. The SMILES string of the molecule is CCN1CCN(C(C)CNc2oc(C)nc2C#N)CC1. The van der Waals surface area contributed by atoms with Crippen LogP contribution >= 0.6 is 0 Å². The molecule has 0 saturated carbocycles. The molecule has 0 radical (unpaired) electrons. The third kappa shape index (κ3) is 3.50. The molecule has 0 aromatic carbocycles. The number of aryl methyl sites for hydroxylation is 1. The average molecular weight is 277 g/mol. The van der Waals surface area contributed by atoms with E-state index in [1.54, 1.807) is 6.92 Å². The summed E-state index contributed by atoms with van der Waals surface area (Å²) in [5.74, 6) is 1.01. The molecule has 6 nitrogen and oxygen atoms in total. The van der Waals surface area contributed by atoms with Gasteiger partial charge in [-0.05, 0) is 13.5 Å². The molecule has 1 saturated heterocycles. The summed E-state index contributed by atoms with van der Waals surface area (Å²) in [6.45, 7) is 12.5. The van der Waals surface area contributed by atoms with Crippen LogP contribution in [0, 0.1) is 18.3 Å². The monoisotopic (exact) mass is 277 g/mol. The Morgan fingerprint density at radius 1 is 1.40 bits per heavy atom. The van der Waals surface area contributed by atoms with Crippen molar-refractivity contribution in [2.45, 2.75) is 26.8 Å². The number of nitriles is 1. The molecule has 2 heterocycles. The molecule has 1 aliphatic heterocycles. The van der Waals surface area contributed by atoms with Gasteiger partial charge in [0.1, 0.15) is 6.07 Å². The fourth-order valence-corrected chi connectivity index (χ4v) is 2.51. The van der Waals surface area contributed by atoms with Gasteiger partial charge in [0.25, 0.3) is 0 Å².